The maximum Gasteiger partial charge on any atom is 0.429 e. The SMILES string of the molecule is O=C(O)NOS(=O)(=O)c1ccc([N+](=O)ON(O[N+](=O)c2ccc(S(=O)(=O)ONC(=O)O)cc2)O[N+](=O)c2ccc(S(=O)(=O)ONC(=O)O)cc2)cc1. The Labute approximate surface area is 286 Å². The van der Waals surface area contributed by atoms with Crippen molar-refractivity contribution in [1.82, 2.24) is 21.8 Å². The quantitative estimate of drug-likeness (QED) is 0.0970. The Bertz CT molecular complexity index is 1950. The van der Waals surface area contributed by atoms with Gasteiger partial charge in [0.2, 0.25) is 0 Å². The van der Waals surface area contributed by atoms with Crippen LogP contribution in [0.2, 0.25) is 0 Å². The van der Waals surface area contributed by atoms with Crippen LogP contribution in [0.5, 0.6) is 0 Å². The van der Waals surface area contributed by atoms with Crippen molar-refractivity contribution >= 4 is 65.7 Å². The van der Waals surface area contributed by atoms with E-state index < -0.39 is 101 Å². The highest BCUT2D eigenvalue weighted by atomic mass is 32.2. The third-order valence-corrected chi connectivity index (χ3v) is 8.60. The number of carbonyl (C=O) groups is 3. The Morgan fingerprint density at radius 3 is 0.865 bits per heavy atom. The molecule has 0 aliphatic heterocycles. The number of rotatable bonds is 18. The Balaban J connectivity index is 1.85. The van der Waals surface area contributed by atoms with Crippen LogP contribution in [0.1, 0.15) is 0 Å². The zero-order valence-corrected chi connectivity index (χ0v) is 27.1. The van der Waals surface area contributed by atoms with Crippen LogP contribution in [0.25, 0.3) is 0 Å². The molecule has 3 aromatic rings. The molecule has 31 heteroatoms. The second kappa shape index (κ2) is 16.4. The maximum atomic E-state index is 12.7. The summed E-state index contributed by atoms with van der Waals surface area (Å²) in [6, 6.07) is 8.90. The third-order valence-electron chi connectivity index (χ3n) is 5.15. The predicted octanol–water partition coefficient (Wildman–Crippen LogP) is 0.824. The van der Waals surface area contributed by atoms with Gasteiger partial charge in [-0.3, -0.25) is 0 Å². The van der Waals surface area contributed by atoms with Crippen LogP contribution < -0.4 is 16.4 Å². The van der Waals surface area contributed by atoms with E-state index >= 15 is 0 Å². The number of nitrogens with one attached hydrogen (secondary N) is 3. The number of hydroxylamine groups is 3. The molecule has 0 saturated carbocycles. The first kappa shape index (κ1) is 39.8. The molecular weight excluding hydrogens is 782 g/mol. The molecule has 0 aliphatic carbocycles. The zero-order valence-electron chi connectivity index (χ0n) is 24.6. The van der Waals surface area contributed by atoms with Crippen LogP contribution >= 0.6 is 0 Å². The van der Waals surface area contributed by atoms with Gasteiger partial charge in [-0.2, -0.15) is 41.7 Å². The van der Waals surface area contributed by atoms with Gasteiger partial charge in [-0.25, -0.2) is 14.4 Å². The van der Waals surface area contributed by atoms with Crippen molar-refractivity contribution in [2.75, 3.05) is 0 Å². The minimum absolute atomic E-state index is 0.528. The summed E-state index contributed by atoms with van der Waals surface area (Å²) >= 11 is 0. The zero-order chi connectivity index (χ0) is 38.9. The summed E-state index contributed by atoms with van der Waals surface area (Å²) < 4.78 is 84.4. The molecule has 0 unspecified atom stereocenters. The monoisotopic (exact) mass is 800 g/mol. The Kier molecular flexibility index (Phi) is 12.5. The van der Waals surface area contributed by atoms with Crippen LogP contribution in [0.3, 0.4) is 0 Å². The van der Waals surface area contributed by atoms with E-state index in [9.17, 15) is 54.4 Å². The van der Waals surface area contributed by atoms with E-state index in [0.29, 0.717) is 0 Å². The van der Waals surface area contributed by atoms with Crippen LogP contribution in [-0.4, -0.2) is 79.0 Å². The molecule has 3 rings (SSSR count). The van der Waals surface area contributed by atoms with Gasteiger partial charge < -0.3 is 15.3 Å². The van der Waals surface area contributed by atoms with E-state index in [1.54, 1.807) is 0 Å². The lowest BCUT2D eigenvalue weighted by atomic mass is 10.3. The minimum atomic E-state index is -4.71. The van der Waals surface area contributed by atoms with E-state index in [-0.39, 0.29) is 0 Å². The fourth-order valence-electron chi connectivity index (χ4n) is 2.99. The molecule has 0 radical (unpaired) electrons. The number of nitrogens with zero attached hydrogens (tertiary/aromatic N) is 4. The number of hydrogen-bond acceptors (Lipinski definition) is 19. The Hall–Kier alpha value is -6.64. The van der Waals surface area contributed by atoms with Gasteiger partial charge in [-0.1, -0.05) is 0 Å². The number of carboxylic acid groups (broad SMARTS) is 3. The maximum absolute atomic E-state index is 12.7. The molecular formula is C21H18N7O21S3+3. The van der Waals surface area contributed by atoms with Gasteiger partial charge >= 0.3 is 71.1 Å². The number of benzene rings is 3. The van der Waals surface area contributed by atoms with Gasteiger partial charge in [0.25, 0.3) is 14.8 Å². The average Bonchev–Trinajstić information content (AvgIpc) is 3.09. The summed E-state index contributed by atoms with van der Waals surface area (Å²) in [6.07, 6.45) is -5.57. The van der Waals surface area contributed by atoms with E-state index in [2.05, 4.69) is 27.7 Å². The lowest BCUT2D eigenvalue weighted by Crippen LogP contribution is -2.33. The predicted molar refractivity (Wildman–Crippen MR) is 153 cm³/mol. The smallest absolute Gasteiger partial charge is 0.429 e. The molecule has 0 saturated heterocycles. The number of amides is 3. The lowest BCUT2D eigenvalue weighted by Gasteiger charge is -2.04. The topological polar surface area (TPSA) is 369 Å². The fourth-order valence-corrected chi connectivity index (χ4v) is 5.23. The molecule has 0 heterocycles. The van der Waals surface area contributed by atoms with Gasteiger partial charge in [0, 0.05) is 36.4 Å². The fraction of sp³-hybridized carbons (Fsp3) is 0. The van der Waals surface area contributed by atoms with Crippen molar-refractivity contribution in [3.8, 4) is 0 Å². The van der Waals surface area contributed by atoms with Crippen molar-refractivity contribution in [3.63, 3.8) is 0 Å². The Morgan fingerprint density at radius 2 is 0.673 bits per heavy atom. The van der Waals surface area contributed by atoms with Gasteiger partial charge in [0.1, 0.15) is 0 Å². The molecule has 6 N–H and O–H groups in total. The normalized spacial score (nSPS) is 11.5. The first-order valence-electron chi connectivity index (χ1n) is 12.5. The summed E-state index contributed by atoms with van der Waals surface area (Å²) in [6.45, 7) is 0. The van der Waals surface area contributed by atoms with Crippen molar-refractivity contribution in [3.05, 3.63) is 87.5 Å². The van der Waals surface area contributed by atoms with Crippen molar-refractivity contribution in [1.29, 1.82) is 0 Å². The summed E-state index contributed by atoms with van der Waals surface area (Å²) in [5.41, 5.74) is 1.65. The second-order valence-electron chi connectivity index (χ2n) is 8.56. The summed E-state index contributed by atoms with van der Waals surface area (Å²) in [5.74, 6) is 0. The lowest BCUT2D eigenvalue weighted by molar-refractivity contribution is -1.01. The molecule has 0 aliphatic rings. The Morgan fingerprint density at radius 1 is 0.462 bits per heavy atom. The average molecular weight is 801 g/mol. The minimum Gasteiger partial charge on any atom is -0.464 e. The summed E-state index contributed by atoms with van der Waals surface area (Å²) in [7, 11) is -14.1. The highest BCUT2D eigenvalue weighted by Crippen LogP contribution is 2.23. The first-order valence-corrected chi connectivity index (χ1v) is 16.8. The molecule has 28 nitrogen and oxygen atoms in total. The van der Waals surface area contributed by atoms with E-state index in [1.165, 1.54) is 0 Å². The van der Waals surface area contributed by atoms with Crippen molar-refractivity contribution < 1.29 is 97.4 Å². The van der Waals surface area contributed by atoms with Crippen LogP contribution in [-0.2, 0) is 58.0 Å². The third kappa shape index (κ3) is 11.2. The summed E-state index contributed by atoms with van der Waals surface area (Å²) in [4.78, 5) is 80.0. The molecule has 0 bridgehead atoms. The molecule has 0 fully saturated rings. The second-order valence-corrected chi connectivity index (χ2v) is 13.2. The van der Waals surface area contributed by atoms with E-state index in [1.807, 2.05) is 0 Å². The summed E-state index contributed by atoms with van der Waals surface area (Å²) in [5, 5.41) is 25.0. The highest BCUT2D eigenvalue weighted by molar-refractivity contribution is 7.87. The standard InChI is InChI=1S/C21H15N7O21S3/c29-19(30)22-44-50(38,39)16-7-1-13(2-8-16)25(35)47-28(48-26(36)14-3-9-17(10-4-14)51(40,41)45-23-20(31)32)49-27(37)15-5-11-18(12-6-15)52(42,43)46-24-21(33)34/h1-12,22-24H/p+3. The molecule has 0 aromatic heterocycles. The van der Waals surface area contributed by atoms with Gasteiger partial charge in [0.15, 0.2) is 0 Å². The van der Waals surface area contributed by atoms with Crippen molar-refractivity contribution in [2.24, 2.45) is 0 Å². The highest BCUT2D eigenvalue weighted by Gasteiger charge is 2.40. The van der Waals surface area contributed by atoms with E-state index in [0.717, 1.165) is 89.2 Å². The molecule has 278 valence electrons. The van der Waals surface area contributed by atoms with Gasteiger partial charge in [0.05, 0.1) is 29.4 Å². The number of hydrogen-bond donors (Lipinski definition) is 6. The molecule has 0 atom stereocenters. The molecule has 3 amide bonds. The van der Waals surface area contributed by atoms with Gasteiger partial charge in [-0.05, 0) is 51.2 Å². The largest absolute Gasteiger partial charge is 0.464 e. The van der Waals surface area contributed by atoms with Crippen LogP contribution in [0.15, 0.2) is 87.5 Å². The molecule has 3 aromatic carbocycles. The van der Waals surface area contributed by atoms with Crippen molar-refractivity contribution in [2.45, 2.75) is 14.7 Å². The van der Waals surface area contributed by atoms with Gasteiger partial charge in [-0.15, -0.1) is 12.9 Å². The molecule has 0 spiro atoms. The first-order chi connectivity index (χ1) is 24.2. The van der Waals surface area contributed by atoms with Crippen LogP contribution in [0.4, 0.5) is 31.4 Å². The van der Waals surface area contributed by atoms with E-state index in [4.69, 9.17) is 15.3 Å². The van der Waals surface area contributed by atoms with Crippen LogP contribution in [0, 0.1) is 14.7 Å². The molecule has 52 heavy (non-hydrogen) atoms.